The molecule has 2 rings (SSSR count). The van der Waals surface area contributed by atoms with Gasteiger partial charge in [0, 0.05) is 11.8 Å². The first-order valence-electron chi connectivity index (χ1n) is 4.74. The SMILES string of the molecule is Cc1ccc(-c2cccnc2C(N)=O)nn1. The number of rotatable bonds is 2. The molecule has 1 amide bonds. The Bertz CT molecular complexity index is 522. The van der Waals surface area contributed by atoms with Gasteiger partial charge in [-0.15, -0.1) is 0 Å². The third-order valence-corrected chi connectivity index (χ3v) is 2.11. The van der Waals surface area contributed by atoms with E-state index >= 15 is 0 Å². The van der Waals surface area contributed by atoms with Gasteiger partial charge in [-0.25, -0.2) is 0 Å². The van der Waals surface area contributed by atoms with Gasteiger partial charge in [0.15, 0.2) is 0 Å². The van der Waals surface area contributed by atoms with Crippen molar-refractivity contribution in [1.29, 1.82) is 0 Å². The summed E-state index contributed by atoms with van der Waals surface area (Å²) in [6.07, 6.45) is 1.52. The second-order valence-electron chi connectivity index (χ2n) is 3.32. The summed E-state index contributed by atoms with van der Waals surface area (Å²) in [5.41, 5.74) is 7.44. The van der Waals surface area contributed by atoms with Gasteiger partial charge in [0.1, 0.15) is 5.69 Å². The maximum absolute atomic E-state index is 11.2. The number of carbonyl (C=O) groups excluding carboxylic acids is 1. The lowest BCUT2D eigenvalue weighted by molar-refractivity contribution is 0.0996. The number of hydrogen-bond donors (Lipinski definition) is 1. The van der Waals surface area contributed by atoms with E-state index in [-0.39, 0.29) is 5.69 Å². The van der Waals surface area contributed by atoms with Crippen molar-refractivity contribution in [2.45, 2.75) is 6.92 Å². The molecule has 0 radical (unpaired) electrons. The van der Waals surface area contributed by atoms with Crippen molar-refractivity contribution in [2.24, 2.45) is 5.73 Å². The molecule has 0 fully saturated rings. The summed E-state index contributed by atoms with van der Waals surface area (Å²) in [7, 11) is 0. The van der Waals surface area contributed by atoms with Crippen LogP contribution in [-0.4, -0.2) is 21.1 Å². The average Bonchev–Trinajstić information content (AvgIpc) is 2.30. The molecule has 5 nitrogen and oxygen atoms in total. The Morgan fingerprint density at radius 3 is 2.69 bits per heavy atom. The van der Waals surface area contributed by atoms with Crippen LogP contribution in [0.25, 0.3) is 11.3 Å². The minimum atomic E-state index is -0.571. The van der Waals surface area contributed by atoms with Crippen LogP contribution >= 0.6 is 0 Å². The number of carbonyl (C=O) groups is 1. The number of aryl methyl sites for hydroxylation is 1. The fourth-order valence-electron chi connectivity index (χ4n) is 1.35. The number of primary amides is 1. The van der Waals surface area contributed by atoms with Gasteiger partial charge in [0.2, 0.25) is 0 Å². The Hall–Kier alpha value is -2.30. The van der Waals surface area contributed by atoms with Gasteiger partial charge in [-0.3, -0.25) is 9.78 Å². The highest BCUT2D eigenvalue weighted by molar-refractivity contribution is 5.97. The molecule has 0 spiro atoms. The highest BCUT2D eigenvalue weighted by Gasteiger charge is 2.11. The lowest BCUT2D eigenvalue weighted by Gasteiger charge is -2.03. The molecule has 2 heterocycles. The second kappa shape index (κ2) is 4.06. The van der Waals surface area contributed by atoms with Gasteiger partial charge in [0.05, 0.1) is 11.4 Å². The van der Waals surface area contributed by atoms with Crippen molar-refractivity contribution in [2.75, 3.05) is 0 Å². The molecular weight excluding hydrogens is 204 g/mol. The van der Waals surface area contributed by atoms with Crippen molar-refractivity contribution in [3.63, 3.8) is 0 Å². The van der Waals surface area contributed by atoms with E-state index in [1.165, 1.54) is 6.20 Å². The zero-order chi connectivity index (χ0) is 11.5. The van der Waals surface area contributed by atoms with Gasteiger partial charge in [0.25, 0.3) is 5.91 Å². The number of nitrogens with two attached hydrogens (primary N) is 1. The number of hydrogen-bond acceptors (Lipinski definition) is 4. The van der Waals surface area contributed by atoms with E-state index in [1.807, 2.05) is 13.0 Å². The molecule has 0 saturated heterocycles. The standard InChI is InChI=1S/C11H10N4O/c1-7-4-5-9(15-14-7)8-3-2-6-13-10(8)11(12)16/h2-6H,1H3,(H2,12,16). The molecule has 0 bridgehead atoms. The summed E-state index contributed by atoms with van der Waals surface area (Å²) in [6, 6.07) is 7.07. The molecule has 2 aromatic rings. The minimum Gasteiger partial charge on any atom is -0.364 e. The molecule has 80 valence electrons. The Morgan fingerprint density at radius 2 is 2.06 bits per heavy atom. The van der Waals surface area contributed by atoms with Crippen LogP contribution in [0.2, 0.25) is 0 Å². The van der Waals surface area contributed by atoms with E-state index in [9.17, 15) is 4.79 Å². The van der Waals surface area contributed by atoms with Crippen LogP contribution in [0, 0.1) is 6.92 Å². The van der Waals surface area contributed by atoms with Crippen LogP contribution in [0.4, 0.5) is 0 Å². The van der Waals surface area contributed by atoms with E-state index in [0.29, 0.717) is 11.3 Å². The predicted octanol–water partition coefficient (Wildman–Crippen LogP) is 0.946. The molecule has 16 heavy (non-hydrogen) atoms. The second-order valence-corrected chi connectivity index (χ2v) is 3.32. The number of amides is 1. The lowest BCUT2D eigenvalue weighted by atomic mass is 10.1. The van der Waals surface area contributed by atoms with Crippen LogP contribution in [0.3, 0.4) is 0 Å². The van der Waals surface area contributed by atoms with E-state index in [4.69, 9.17) is 5.73 Å². The zero-order valence-electron chi connectivity index (χ0n) is 8.71. The summed E-state index contributed by atoms with van der Waals surface area (Å²) >= 11 is 0. The molecule has 0 saturated carbocycles. The minimum absolute atomic E-state index is 0.209. The molecule has 0 aromatic carbocycles. The Kier molecular flexibility index (Phi) is 2.59. The number of aromatic nitrogens is 3. The van der Waals surface area contributed by atoms with Crippen LogP contribution < -0.4 is 5.73 Å². The molecular formula is C11H10N4O. The maximum atomic E-state index is 11.2. The third kappa shape index (κ3) is 1.88. The van der Waals surface area contributed by atoms with Crippen molar-refractivity contribution < 1.29 is 4.79 Å². The summed E-state index contributed by atoms with van der Waals surface area (Å²) in [5, 5.41) is 7.92. The van der Waals surface area contributed by atoms with E-state index in [2.05, 4.69) is 15.2 Å². The monoisotopic (exact) mass is 214 g/mol. The van der Waals surface area contributed by atoms with E-state index < -0.39 is 5.91 Å². The lowest BCUT2D eigenvalue weighted by Crippen LogP contribution is -2.14. The van der Waals surface area contributed by atoms with E-state index in [0.717, 1.165) is 5.69 Å². The average molecular weight is 214 g/mol. The van der Waals surface area contributed by atoms with Gasteiger partial charge in [-0.2, -0.15) is 10.2 Å². The number of pyridine rings is 1. The van der Waals surface area contributed by atoms with Crippen LogP contribution in [-0.2, 0) is 0 Å². The Labute approximate surface area is 92.3 Å². The third-order valence-electron chi connectivity index (χ3n) is 2.11. The smallest absolute Gasteiger partial charge is 0.268 e. The molecule has 2 N–H and O–H groups in total. The fraction of sp³-hybridized carbons (Fsp3) is 0.0909. The van der Waals surface area contributed by atoms with Gasteiger partial charge >= 0.3 is 0 Å². The van der Waals surface area contributed by atoms with Crippen molar-refractivity contribution >= 4 is 5.91 Å². The van der Waals surface area contributed by atoms with Crippen molar-refractivity contribution in [1.82, 2.24) is 15.2 Å². The van der Waals surface area contributed by atoms with Crippen molar-refractivity contribution in [3.8, 4) is 11.3 Å². The molecule has 0 aliphatic heterocycles. The first kappa shape index (κ1) is 10.2. The van der Waals surface area contributed by atoms with Crippen LogP contribution in [0.15, 0.2) is 30.5 Å². The molecule has 5 heteroatoms. The summed E-state index contributed by atoms with van der Waals surface area (Å²) in [6.45, 7) is 1.84. The highest BCUT2D eigenvalue weighted by Crippen LogP contribution is 2.18. The summed E-state index contributed by atoms with van der Waals surface area (Å²) < 4.78 is 0. The highest BCUT2D eigenvalue weighted by atomic mass is 16.1. The maximum Gasteiger partial charge on any atom is 0.268 e. The quantitative estimate of drug-likeness (QED) is 0.806. The molecule has 0 aliphatic carbocycles. The van der Waals surface area contributed by atoms with Gasteiger partial charge < -0.3 is 5.73 Å². The molecule has 0 atom stereocenters. The molecule has 0 aliphatic rings. The zero-order valence-corrected chi connectivity index (χ0v) is 8.71. The van der Waals surface area contributed by atoms with E-state index in [1.54, 1.807) is 18.2 Å². The molecule has 0 unspecified atom stereocenters. The van der Waals surface area contributed by atoms with Gasteiger partial charge in [-0.1, -0.05) is 0 Å². The first-order valence-corrected chi connectivity index (χ1v) is 4.74. The topological polar surface area (TPSA) is 81.8 Å². The first-order chi connectivity index (χ1) is 7.68. The molecule has 2 aromatic heterocycles. The van der Waals surface area contributed by atoms with Crippen LogP contribution in [0.5, 0.6) is 0 Å². The van der Waals surface area contributed by atoms with Crippen LogP contribution in [0.1, 0.15) is 16.2 Å². The predicted molar refractivity (Wildman–Crippen MR) is 58.5 cm³/mol. The normalized spacial score (nSPS) is 10.1. The summed E-state index contributed by atoms with van der Waals surface area (Å²) in [5.74, 6) is -0.571. The largest absolute Gasteiger partial charge is 0.364 e. The number of nitrogens with zero attached hydrogens (tertiary/aromatic N) is 3. The summed E-state index contributed by atoms with van der Waals surface area (Å²) in [4.78, 5) is 15.1. The Morgan fingerprint density at radius 1 is 1.25 bits per heavy atom. The van der Waals surface area contributed by atoms with Gasteiger partial charge in [-0.05, 0) is 31.2 Å². The fourth-order valence-corrected chi connectivity index (χ4v) is 1.35. The van der Waals surface area contributed by atoms with Crippen molar-refractivity contribution in [3.05, 3.63) is 41.9 Å². The Balaban J connectivity index is 2.55.